The van der Waals surface area contributed by atoms with Crippen molar-refractivity contribution in [3.8, 4) is 28.7 Å². The van der Waals surface area contributed by atoms with E-state index in [9.17, 15) is 4.79 Å². The molecule has 1 aromatic heterocycles. The second-order valence-electron chi connectivity index (χ2n) is 7.37. The first-order chi connectivity index (χ1) is 17.1. The van der Waals surface area contributed by atoms with E-state index in [4.69, 9.17) is 18.9 Å². The molecule has 9 heteroatoms. The predicted molar refractivity (Wildman–Crippen MR) is 133 cm³/mol. The van der Waals surface area contributed by atoms with E-state index in [0.29, 0.717) is 34.7 Å². The number of hydrogen-bond acceptors (Lipinski definition) is 8. The molecule has 0 atom stereocenters. The predicted octanol–water partition coefficient (Wildman–Crippen LogP) is 4.93. The number of thioether (sulfide) groups is 1. The molecule has 4 aromatic rings. The molecule has 0 bridgehead atoms. The summed E-state index contributed by atoms with van der Waals surface area (Å²) in [7, 11) is 4.57. The number of rotatable bonds is 10. The fraction of sp³-hybridized carbons (Fsp3) is 0.192. The van der Waals surface area contributed by atoms with Crippen molar-refractivity contribution in [2.24, 2.45) is 0 Å². The second-order valence-corrected chi connectivity index (χ2v) is 8.32. The first-order valence-electron chi connectivity index (χ1n) is 10.8. The molecule has 0 N–H and O–H groups in total. The number of ether oxygens (including phenoxy) is 4. The second kappa shape index (κ2) is 11.4. The zero-order valence-electron chi connectivity index (χ0n) is 19.6. The summed E-state index contributed by atoms with van der Waals surface area (Å²) >= 11 is 1.27. The van der Waals surface area contributed by atoms with Crippen molar-refractivity contribution in [2.75, 3.05) is 27.1 Å². The molecule has 0 aliphatic heterocycles. The molecule has 0 aliphatic rings. The molecule has 35 heavy (non-hydrogen) atoms. The normalized spacial score (nSPS) is 10.6. The lowest BCUT2D eigenvalue weighted by Gasteiger charge is -2.13. The van der Waals surface area contributed by atoms with Gasteiger partial charge in [-0.05, 0) is 54.1 Å². The van der Waals surface area contributed by atoms with Crippen LogP contribution in [0.15, 0.2) is 78.0 Å². The molecule has 0 radical (unpaired) electrons. The number of aromatic nitrogens is 3. The molecule has 3 aromatic carbocycles. The Morgan fingerprint density at radius 2 is 1.57 bits per heavy atom. The number of methoxy groups -OCH3 is 3. The van der Waals surface area contributed by atoms with Crippen LogP contribution < -0.4 is 14.2 Å². The van der Waals surface area contributed by atoms with E-state index < -0.39 is 0 Å². The van der Waals surface area contributed by atoms with Gasteiger partial charge < -0.3 is 18.9 Å². The van der Waals surface area contributed by atoms with Crippen LogP contribution in [0, 0.1) is 0 Å². The van der Waals surface area contributed by atoms with E-state index in [-0.39, 0.29) is 11.7 Å². The highest BCUT2D eigenvalue weighted by molar-refractivity contribution is 7.99. The molecule has 0 amide bonds. The molecule has 0 spiro atoms. The van der Waals surface area contributed by atoms with Crippen LogP contribution in [-0.4, -0.2) is 47.8 Å². The molecule has 0 saturated heterocycles. The number of benzene rings is 3. The Bertz CT molecular complexity index is 1280. The van der Waals surface area contributed by atoms with Crippen LogP contribution in [0.5, 0.6) is 23.0 Å². The number of esters is 1. The number of carbonyl (C=O) groups is 1. The van der Waals surface area contributed by atoms with Crippen molar-refractivity contribution < 1.29 is 23.7 Å². The monoisotopic (exact) mass is 491 g/mol. The lowest BCUT2D eigenvalue weighted by Crippen LogP contribution is -2.07. The molecule has 0 saturated carbocycles. The van der Waals surface area contributed by atoms with Crippen LogP contribution in [-0.2, 0) is 16.0 Å². The highest BCUT2D eigenvalue weighted by atomic mass is 32.2. The van der Waals surface area contributed by atoms with E-state index in [1.807, 2.05) is 77.4 Å². The van der Waals surface area contributed by atoms with Crippen LogP contribution in [0.2, 0.25) is 0 Å². The van der Waals surface area contributed by atoms with E-state index in [0.717, 1.165) is 17.0 Å². The molecule has 0 fully saturated rings. The third-order valence-corrected chi connectivity index (χ3v) is 6.03. The number of para-hydroxylation sites is 1. The van der Waals surface area contributed by atoms with E-state index in [1.165, 1.54) is 18.9 Å². The van der Waals surface area contributed by atoms with Gasteiger partial charge in [-0.1, -0.05) is 36.0 Å². The van der Waals surface area contributed by atoms with Crippen molar-refractivity contribution in [3.05, 3.63) is 84.2 Å². The maximum absolute atomic E-state index is 11.7. The number of hydrogen-bond donors (Lipinski definition) is 0. The van der Waals surface area contributed by atoms with E-state index in [1.54, 1.807) is 14.2 Å². The molecular formula is C26H25N3O5S. The van der Waals surface area contributed by atoms with Crippen LogP contribution in [0.1, 0.15) is 11.4 Å². The lowest BCUT2D eigenvalue weighted by atomic mass is 10.1. The highest BCUT2D eigenvalue weighted by Crippen LogP contribution is 2.30. The van der Waals surface area contributed by atoms with Gasteiger partial charge in [0.15, 0.2) is 16.7 Å². The van der Waals surface area contributed by atoms with Crippen molar-refractivity contribution in [1.82, 2.24) is 14.8 Å². The summed E-state index contributed by atoms with van der Waals surface area (Å²) in [6.07, 6.45) is 0.494. The van der Waals surface area contributed by atoms with Crippen LogP contribution in [0.3, 0.4) is 0 Å². The van der Waals surface area contributed by atoms with E-state index >= 15 is 0 Å². The summed E-state index contributed by atoms with van der Waals surface area (Å²) in [5.41, 5.74) is 1.82. The Labute approximate surface area is 207 Å². The first kappa shape index (κ1) is 24.2. The third-order valence-electron chi connectivity index (χ3n) is 5.13. The fourth-order valence-corrected chi connectivity index (χ4v) is 4.21. The smallest absolute Gasteiger partial charge is 0.316 e. The maximum atomic E-state index is 11.7. The fourth-order valence-electron chi connectivity index (χ4n) is 3.41. The van der Waals surface area contributed by atoms with Gasteiger partial charge in [-0.15, -0.1) is 10.2 Å². The van der Waals surface area contributed by atoms with Crippen molar-refractivity contribution in [2.45, 2.75) is 11.6 Å². The zero-order chi connectivity index (χ0) is 24.6. The van der Waals surface area contributed by atoms with Gasteiger partial charge in [0, 0.05) is 12.1 Å². The summed E-state index contributed by atoms with van der Waals surface area (Å²) in [6.45, 7) is 0. The molecule has 180 valence electrons. The van der Waals surface area contributed by atoms with Gasteiger partial charge in [-0.25, -0.2) is 0 Å². The molecule has 4 rings (SSSR count). The molecule has 1 heterocycles. The average Bonchev–Trinajstić information content (AvgIpc) is 3.30. The molecule has 0 unspecified atom stereocenters. The Morgan fingerprint density at radius 3 is 2.26 bits per heavy atom. The SMILES string of the molecule is COC(=O)CSc1nnc(Cc2ccc(OC)c(OC)c2)n1-c1ccc(Oc2ccccc2)cc1. The minimum Gasteiger partial charge on any atom is -0.493 e. The van der Waals surface area contributed by atoms with E-state index in [2.05, 4.69) is 10.2 Å². The Balaban J connectivity index is 1.64. The largest absolute Gasteiger partial charge is 0.493 e. The lowest BCUT2D eigenvalue weighted by molar-refractivity contribution is -0.137. The maximum Gasteiger partial charge on any atom is 0.316 e. The summed E-state index contributed by atoms with van der Waals surface area (Å²) in [5, 5.41) is 9.34. The van der Waals surface area contributed by atoms with Gasteiger partial charge in [-0.2, -0.15) is 0 Å². The Kier molecular flexibility index (Phi) is 7.89. The Morgan fingerprint density at radius 1 is 0.857 bits per heavy atom. The standard InChI is InChI=1S/C26H25N3O5S/c1-31-22-14-9-18(15-23(22)32-2)16-24-27-28-26(35-17-25(30)33-3)29(24)19-10-12-21(13-11-19)34-20-7-5-4-6-8-20/h4-15H,16-17H2,1-3H3. The van der Waals surface area contributed by atoms with Crippen LogP contribution in [0.25, 0.3) is 5.69 Å². The number of nitrogens with zero attached hydrogens (tertiary/aromatic N) is 3. The minimum absolute atomic E-state index is 0.125. The van der Waals surface area contributed by atoms with Crippen LogP contribution >= 0.6 is 11.8 Å². The van der Waals surface area contributed by atoms with Crippen molar-refractivity contribution in [1.29, 1.82) is 0 Å². The summed E-state index contributed by atoms with van der Waals surface area (Å²) in [6, 6.07) is 22.9. The highest BCUT2D eigenvalue weighted by Gasteiger charge is 2.17. The summed E-state index contributed by atoms with van der Waals surface area (Å²) < 4.78 is 23.4. The van der Waals surface area contributed by atoms with Gasteiger partial charge in [0.2, 0.25) is 0 Å². The summed E-state index contributed by atoms with van der Waals surface area (Å²) in [5.74, 6) is 3.25. The average molecular weight is 492 g/mol. The van der Waals surface area contributed by atoms with Crippen molar-refractivity contribution in [3.63, 3.8) is 0 Å². The first-order valence-corrected chi connectivity index (χ1v) is 11.8. The zero-order valence-corrected chi connectivity index (χ0v) is 20.5. The molecular weight excluding hydrogens is 466 g/mol. The quantitative estimate of drug-likeness (QED) is 0.228. The summed E-state index contributed by atoms with van der Waals surface area (Å²) in [4.78, 5) is 11.7. The van der Waals surface area contributed by atoms with Gasteiger partial charge in [0.05, 0.1) is 27.1 Å². The van der Waals surface area contributed by atoms with Gasteiger partial charge in [0.25, 0.3) is 0 Å². The van der Waals surface area contributed by atoms with Crippen molar-refractivity contribution >= 4 is 17.7 Å². The molecule has 0 aliphatic carbocycles. The van der Waals surface area contributed by atoms with Gasteiger partial charge in [0.1, 0.15) is 17.3 Å². The van der Waals surface area contributed by atoms with Crippen LogP contribution in [0.4, 0.5) is 0 Å². The third kappa shape index (κ3) is 5.93. The van der Waals surface area contributed by atoms with Gasteiger partial charge >= 0.3 is 5.97 Å². The Hall–Kier alpha value is -3.98. The number of carbonyl (C=O) groups excluding carboxylic acids is 1. The van der Waals surface area contributed by atoms with Gasteiger partial charge in [-0.3, -0.25) is 9.36 Å². The minimum atomic E-state index is -0.336. The molecule has 8 nitrogen and oxygen atoms in total. The topological polar surface area (TPSA) is 84.7 Å².